The number of piperazine rings is 1. The number of ether oxygens (including phenoxy) is 1. The Hall–Kier alpha value is -4.02. The van der Waals surface area contributed by atoms with Gasteiger partial charge in [-0.2, -0.15) is 0 Å². The minimum absolute atomic E-state index is 0.0456. The number of halogens is 2. The van der Waals surface area contributed by atoms with Gasteiger partial charge in [0.15, 0.2) is 0 Å². The first-order valence-corrected chi connectivity index (χ1v) is 14.8. The number of carboxylic acids is 1. The van der Waals surface area contributed by atoms with Gasteiger partial charge in [-0.05, 0) is 83.0 Å². The Labute approximate surface area is 261 Å². The van der Waals surface area contributed by atoms with Crippen LogP contribution < -0.4 is 4.90 Å². The zero-order valence-electron chi connectivity index (χ0n) is 26.0. The lowest BCUT2D eigenvalue weighted by Crippen LogP contribution is -2.61. The van der Waals surface area contributed by atoms with Crippen molar-refractivity contribution in [1.82, 2.24) is 19.4 Å². The number of aryl methyl sites for hydroxylation is 2. The lowest BCUT2D eigenvalue weighted by atomic mass is 9.97. The second-order valence-electron chi connectivity index (χ2n) is 12.6. The van der Waals surface area contributed by atoms with Crippen LogP contribution in [0.4, 0.5) is 10.2 Å². The number of aromatic nitrogens is 3. The number of hydrogen-bond donors (Lipinski definition) is 1. The zero-order valence-corrected chi connectivity index (χ0v) is 26.8. The van der Waals surface area contributed by atoms with E-state index in [2.05, 4.69) is 9.88 Å². The molecule has 3 aromatic heterocycles. The molecule has 4 aromatic rings. The van der Waals surface area contributed by atoms with E-state index < -0.39 is 22.9 Å². The van der Waals surface area contributed by atoms with E-state index in [9.17, 15) is 19.1 Å². The van der Waals surface area contributed by atoms with Gasteiger partial charge >= 0.3 is 5.97 Å². The van der Waals surface area contributed by atoms with Gasteiger partial charge in [-0.1, -0.05) is 17.7 Å². The molecule has 0 radical (unpaired) electrons. The molecular formula is C33H37ClFN5O4. The Balaban J connectivity index is 1.49. The van der Waals surface area contributed by atoms with E-state index in [1.54, 1.807) is 39.2 Å². The quantitative estimate of drug-likeness (QED) is 0.257. The Kier molecular flexibility index (Phi) is 8.20. The van der Waals surface area contributed by atoms with Gasteiger partial charge in [0.1, 0.15) is 23.0 Å². The highest BCUT2D eigenvalue weighted by Gasteiger charge is 2.38. The molecule has 232 valence electrons. The average molecular weight is 622 g/mol. The van der Waals surface area contributed by atoms with Crippen LogP contribution in [-0.2, 0) is 10.3 Å². The third kappa shape index (κ3) is 5.64. The Morgan fingerprint density at radius 3 is 2.45 bits per heavy atom. The van der Waals surface area contributed by atoms with Crippen LogP contribution in [0.2, 0.25) is 5.02 Å². The van der Waals surface area contributed by atoms with Gasteiger partial charge in [-0.25, -0.2) is 19.2 Å². The van der Waals surface area contributed by atoms with E-state index in [4.69, 9.17) is 21.3 Å². The number of anilines is 1. The molecule has 4 heterocycles. The summed E-state index contributed by atoms with van der Waals surface area (Å²) in [6.45, 7) is 13.3. The Bertz CT molecular complexity index is 1760. The summed E-state index contributed by atoms with van der Waals surface area (Å²) in [6.07, 6.45) is 1.92. The van der Waals surface area contributed by atoms with Crippen molar-refractivity contribution in [3.05, 3.63) is 75.9 Å². The number of nitrogens with zero attached hydrogens (tertiary/aromatic N) is 5. The molecule has 1 amide bonds. The van der Waals surface area contributed by atoms with Crippen molar-refractivity contribution in [2.45, 2.75) is 52.6 Å². The fraction of sp³-hybridized carbons (Fsp3) is 0.394. The van der Waals surface area contributed by atoms with Crippen LogP contribution in [0.1, 0.15) is 59.8 Å². The van der Waals surface area contributed by atoms with Crippen molar-refractivity contribution in [3.63, 3.8) is 0 Å². The number of pyridine rings is 2. The topological polar surface area (TPSA) is 101 Å². The molecule has 0 bridgehead atoms. The van der Waals surface area contributed by atoms with Crippen molar-refractivity contribution in [2.24, 2.45) is 0 Å². The molecule has 1 N–H and O–H groups in total. The molecule has 0 saturated carbocycles. The van der Waals surface area contributed by atoms with E-state index in [1.165, 1.54) is 12.1 Å². The van der Waals surface area contributed by atoms with Gasteiger partial charge in [0.25, 0.3) is 5.91 Å². The zero-order chi connectivity index (χ0) is 32.1. The molecule has 9 nitrogen and oxygen atoms in total. The number of rotatable bonds is 7. The summed E-state index contributed by atoms with van der Waals surface area (Å²) in [6, 6.07) is 10.1. The molecule has 1 aromatic carbocycles. The predicted octanol–water partition coefficient (Wildman–Crippen LogP) is 6.33. The number of amides is 1. The first-order chi connectivity index (χ1) is 20.6. The van der Waals surface area contributed by atoms with Crippen LogP contribution in [-0.4, -0.2) is 75.3 Å². The van der Waals surface area contributed by atoms with Crippen molar-refractivity contribution in [3.8, 4) is 11.1 Å². The second kappa shape index (κ2) is 11.5. The van der Waals surface area contributed by atoms with E-state index in [-0.39, 0.29) is 16.5 Å². The number of carboxylic acid groups (broad SMARTS) is 1. The van der Waals surface area contributed by atoms with Crippen LogP contribution in [0.15, 0.2) is 42.6 Å². The minimum Gasteiger partial charge on any atom is -0.478 e. The van der Waals surface area contributed by atoms with Gasteiger partial charge in [0, 0.05) is 43.9 Å². The maximum Gasteiger partial charge on any atom is 0.337 e. The highest BCUT2D eigenvalue weighted by molar-refractivity contribution is 6.30. The normalized spacial score (nSPS) is 15.2. The minimum atomic E-state index is -0.997. The van der Waals surface area contributed by atoms with Crippen LogP contribution in [0, 0.1) is 19.7 Å². The lowest BCUT2D eigenvalue weighted by Gasteiger charge is -2.47. The maximum atomic E-state index is 14.4. The summed E-state index contributed by atoms with van der Waals surface area (Å²) in [7, 11) is 1.63. The van der Waals surface area contributed by atoms with Crippen LogP contribution in [0.5, 0.6) is 0 Å². The molecule has 1 saturated heterocycles. The van der Waals surface area contributed by atoms with Gasteiger partial charge in [0.05, 0.1) is 34.0 Å². The third-order valence-corrected chi connectivity index (χ3v) is 8.63. The number of aromatic carboxylic acids is 1. The summed E-state index contributed by atoms with van der Waals surface area (Å²) in [5.74, 6) is -1.02. The van der Waals surface area contributed by atoms with Gasteiger partial charge in [0.2, 0.25) is 0 Å². The summed E-state index contributed by atoms with van der Waals surface area (Å²) >= 11 is 5.95. The molecule has 0 spiro atoms. The van der Waals surface area contributed by atoms with Gasteiger partial charge in [-0.3, -0.25) is 4.79 Å². The number of benzene rings is 1. The van der Waals surface area contributed by atoms with Crippen molar-refractivity contribution >= 4 is 40.3 Å². The lowest BCUT2D eigenvalue weighted by molar-refractivity contribution is 0.0507. The Morgan fingerprint density at radius 1 is 1.11 bits per heavy atom. The average Bonchev–Trinajstić information content (AvgIpc) is 3.33. The molecule has 1 aliphatic heterocycles. The number of fused-ring (bicyclic) bond motifs is 1. The SMILES string of the molecule is COCC(C)(C)n1cc(-c2ccc(Cl)c(F)c2)c2ccc(C(=O)N3CCN(c4cc(C)c(C(=O)O)c(C)n4)CC3(C)C)nc21. The summed E-state index contributed by atoms with van der Waals surface area (Å²) < 4.78 is 21.9. The van der Waals surface area contributed by atoms with Gasteiger partial charge < -0.3 is 24.2 Å². The smallest absolute Gasteiger partial charge is 0.337 e. The number of carbonyl (C=O) groups excluding carboxylic acids is 1. The molecule has 0 unspecified atom stereocenters. The van der Waals surface area contributed by atoms with Crippen LogP contribution in [0.3, 0.4) is 0 Å². The standard InChI is InChI=1S/C33H37ClFN5O4/c1-19-14-27(36-20(2)28(19)31(42)43)38-12-13-39(32(3,4)17-38)30(41)26-11-9-22-23(21-8-10-24(34)25(35)15-21)16-40(29(22)37-26)33(5,6)18-44-7/h8-11,14-16H,12-13,17-18H2,1-7H3,(H,42,43). The highest BCUT2D eigenvalue weighted by Crippen LogP contribution is 2.36. The first kappa shape index (κ1) is 31.4. The van der Waals surface area contributed by atoms with Crippen molar-refractivity contribution < 1.29 is 23.8 Å². The fourth-order valence-electron chi connectivity index (χ4n) is 6.16. The van der Waals surface area contributed by atoms with Crippen LogP contribution >= 0.6 is 11.6 Å². The number of carbonyl (C=O) groups is 2. The first-order valence-electron chi connectivity index (χ1n) is 14.4. The van der Waals surface area contributed by atoms with Crippen molar-refractivity contribution in [2.75, 3.05) is 38.3 Å². The summed E-state index contributed by atoms with van der Waals surface area (Å²) in [4.78, 5) is 39.1. The molecule has 1 fully saturated rings. The van der Waals surface area contributed by atoms with E-state index in [1.807, 2.05) is 49.4 Å². The monoisotopic (exact) mass is 621 g/mol. The largest absolute Gasteiger partial charge is 0.478 e. The maximum absolute atomic E-state index is 14.4. The molecule has 11 heteroatoms. The summed E-state index contributed by atoms with van der Waals surface area (Å²) in [5.41, 5.74) is 2.54. The molecule has 44 heavy (non-hydrogen) atoms. The highest BCUT2D eigenvalue weighted by atomic mass is 35.5. The number of hydrogen-bond acceptors (Lipinski definition) is 6. The van der Waals surface area contributed by atoms with Crippen molar-refractivity contribution in [1.29, 1.82) is 0 Å². The molecular weight excluding hydrogens is 585 g/mol. The molecule has 5 rings (SSSR count). The molecule has 1 aliphatic rings. The van der Waals surface area contributed by atoms with E-state index >= 15 is 0 Å². The fourth-order valence-corrected chi connectivity index (χ4v) is 6.28. The van der Waals surface area contributed by atoms with E-state index in [0.29, 0.717) is 60.2 Å². The Morgan fingerprint density at radius 2 is 1.84 bits per heavy atom. The molecule has 0 aliphatic carbocycles. The summed E-state index contributed by atoms with van der Waals surface area (Å²) in [5, 5.41) is 10.4. The molecule has 0 atom stereocenters. The predicted molar refractivity (Wildman–Crippen MR) is 169 cm³/mol. The van der Waals surface area contributed by atoms with Gasteiger partial charge in [-0.15, -0.1) is 0 Å². The second-order valence-corrected chi connectivity index (χ2v) is 13.0. The van der Waals surface area contributed by atoms with E-state index in [0.717, 1.165) is 10.9 Å². The third-order valence-electron chi connectivity index (χ3n) is 8.32. The number of methoxy groups -OCH3 is 1. The van der Waals surface area contributed by atoms with Crippen LogP contribution in [0.25, 0.3) is 22.2 Å².